The highest BCUT2D eigenvalue weighted by Crippen LogP contribution is 2.39. The van der Waals surface area contributed by atoms with Gasteiger partial charge in [-0.15, -0.1) is 11.3 Å². The van der Waals surface area contributed by atoms with Crippen LogP contribution in [0, 0.1) is 11.3 Å². The van der Waals surface area contributed by atoms with Crippen molar-refractivity contribution in [3.05, 3.63) is 40.2 Å². The average Bonchev–Trinajstić information content (AvgIpc) is 2.73. The fourth-order valence-corrected chi connectivity index (χ4v) is 2.78. The minimum atomic E-state index is 0.368. The van der Waals surface area contributed by atoms with E-state index in [0.29, 0.717) is 11.4 Å². The van der Waals surface area contributed by atoms with Crippen molar-refractivity contribution in [3.63, 3.8) is 0 Å². The molecule has 0 aliphatic carbocycles. The van der Waals surface area contributed by atoms with Crippen LogP contribution in [0.5, 0.6) is 5.75 Å². The molecule has 2 rings (SSSR count). The second-order valence-corrected chi connectivity index (χ2v) is 4.78. The maximum atomic E-state index is 8.74. The van der Waals surface area contributed by atoms with Gasteiger partial charge >= 0.3 is 0 Å². The van der Waals surface area contributed by atoms with Crippen molar-refractivity contribution in [2.45, 2.75) is 6.42 Å². The van der Waals surface area contributed by atoms with Crippen LogP contribution in [-0.2, 0) is 6.42 Å². The lowest BCUT2D eigenvalue weighted by Gasteiger charge is -2.04. The van der Waals surface area contributed by atoms with Crippen molar-refractivity contribution >= 4 is 22.9 Å². The second kappa shape index (κ2) is 5.22. The summed E-state index contributed by atoms with van der Waals surface area (Å²) in [6, 6.07) is 9.74. The van der Waals surface area contributed by atoms with E-state index < -0.39 is 0 Å². The summed E-state index contributed by atoms with van der Waals surface area (Å²) in [6.45, 7) is 0. The maximum absolute atomic E-state index is 8.74. The van der Waals surface area contributed by atoms with Gasteiger partial charge < -0.3 is 4.74 Å². The molecule has 0 amide bonds. The number of rotatable bonds is 3. The molecule has 0 bridgehead atoms. The molecule has 1 heterocycles. The SMILES string of the molecule is COc1c(CC#N)csc1-c1ccc(Cl)cc1. The molecule has 1 aromatic carbocycles. The Kier molecular flexibility index (Phi) is 3.68. The van der Waals surface area contributed by atoms with Crippen molar-refractivity contribution in [1.82, 2.24) is 0 Å². The molecule has 0 fully saturated rings. The van der Waals surface area contributed by atoms with Gasteiger partial charge in [-0.2, -0.15) is 5.26 Å². The van der Waals surface area contributed by atoms with Crippen LogP contribution < -0.4 is 4.74 Å². The molecule has 2 aromatic rings. The molecule has 0 saturated carbocycles. The highest BCUT2D eigenvalue weighted by molar-refractivity contribution is 7.14. The number of halogens is 1. The number of benzene rings is 1. The average molecular weight is 264 g/mol. The van der Waals surface area contributed by atoms with Crippen LogP contribution in [-0.4, -0.2) is 7.11 Å². The van der Waals surface area contributed by atoms with Crippen molar-refractivity contribution in [3.8, 4) is 22.3 Å². The van der Waals surface area contributed by atoms with Gasteiger partial charge in [0.15, 0.2) is 0 Å². The highest BCUT2D eigenvalue weighted by atomic mass is 35.5. The Morgan fingerprint density at radius 2 is 2.06 bits per heavy atom. The van der Waals surface area contributed by atoms with E-state index in [9.17, 15) is 0 Å². The summed E-state index contributed by atoms with van der Waals surface area (Å²) < 4.78 is 5.38. The fraction of sp³-hybridized carbons (Fsp3) is 0.154. The maximum Gasteiger partial charge on any atom is 0.141 e. The first kappa shape index (κ1) is 12.0. The zero-order valence-electron chi connectivity index (χ0n) is 9.24. The van der Waals surface area contributed by atoms with E-state index >= 15 is 0 Å². The molecule has 2 nitrogen and oxygen atoms in total. The van der Waals surface area contributed by atoms with Crippen LogP contribution in [0.1, 0.15) is 5.56 Å². The Labute approximate surface area is 109 Å². The van der Waals surface area contributed by atoms with Gasteiger partial charge in [0.25, 0.3) is 0 Å². The van der Waals surface area contributed by atoms with Gasteiger partial charge in [0.05, 0.1) is 24.5 Å². The first-order valence-corrected chi connectivity index (χ1v) is 6.29. The molecule has 17 heavy (non-hydrogen) atoms. The molecule has 1 aromatic heterocycles. The number of hydrogen-bond donors (Lipinski definition) is 0. The Morgan fingerprint density at radius 1 is 1.35 bits per heavy atom. The topological polar surface area (TPSA) is 33.0 Å². The summed E-state index contributed by atoms with van der Waals surface area (Å²) in [4.78, 5) is 1.04. The molecular formula is C13H10ClNOS. The van der Waals surface area contributed by atoms with Gasteiger partial charge in [0.1, 0.15) is 5.75 Å². The van der Waals surface area contributed by atoms with Gasteiger partial charge in [0, 0.05) is 10.6 Å². The van der Waals surface area contributed by atoms with E-state index in [4.69, 9.17) is 21.6 Å². The van der Waals surface area contributed by atoms with Gasteiger partial charge in [-0.25, -0.2) is 0 Å². The molecule has 0 unspecified atom stereocenters. The van der Waals surface area contributed by atoms with E-state index in [-0.39, 0.29) is 0 Å². The first-order chi connectivity index (χ1) is 8.26. The predicted molar refractivity (Wildman–Crippen MR) is 70.6 cm³/mol. The molecule has 0 aliphatic heterocycles. The highest BCUT2D eigenvalue weighted by Gasteiger charge is 2.13. The zero-order chi connectivity index (χ0) is 12.3. The first-order valence-electron chi connectivity index (χ1n) is 5.03. The standard InChI is InChI=1S/C13H10ClNOS/c1-16-12-10(6-7-15)8-17-13(12)9-2-4-11(14)5-3-9/h2-5,8H,6H2,1H3. The minimum absolute atomic E-state index is 0.368. The van der Waals surface area contributed by atoms with Crippen LogP contribution in [0.2, 0.25) is 5.02 Å². The number of methoxy groups -OCH3 is 1. The Bertz CT molecular complexity index is 554. The Morgan fingerprint density at radius 3 is 2.65 bits per heavy atom. The van der Waals surface area contributed by atoms with Crippen molar-refractivity contribution in [2.75, 3.05) is 7.11 Å². The summed E-state index contributed by atoms with van der Waals surface area (Å²) in [6.07, 6.45) is 0.368. The van der Waals surface area contributed by atoms with E-state index in [1.165, 1.54) is 0 Å². The third-order valence-corrected chi connectivity index (χ3v) is 3.71. The third kappa shape index (κ3) is 2.44. The molecule has 0 radical (unpaired) electrons. The smallest absolute Gasteiger partial charge is 0.141 e. The summed E-state index contributed by atoms with van der Waals surface area (Å²) in [5, 5.41) is 11.4. The predicted octanol–water partition coefficient (Wildman–Crippen LogP) is 4.14. The summed E-state index contributed by atoms with van der Waals surface area (Å²) >= 11 is 7.44. The number of hydrogen-bond acceptors (Lipinski definition) is 3. The van der Waals surface area contributed by atoms with Crippen molar-refractivity contribution in [2.24, 2.45) is 0 Å². The monoisotopic (exact) mass is 263 g/mol. The fourth-order valence-electron chi connectivity index (χ4n) is 1.61. The van der Waals surface area contributed by atoms with E-state index in [0.717, 1.165) is 21.8 Å². The minimum Gasteiger partial charge on any atom is -0.495 e. The molecule has 4 heteroatoms. The second-order valence-electron chi connectivity index (χ2n) is 3.47. The van der Waals surface area contributed by atoms with Crippen molar-refractivity contribution in [1.29, 1.82) is 5.26 Å². The van der Waals surface area contributed by atoms with Gasteiger partial charge in [-0.1, -0.05) is 23.7 Å². The number of ether oxygens (including phenoxy) is 1. The third-order valence-electron chi connectivity index (χ3n) is 2.40. The van der Waals surface area contributed by atoms with Gasteiger partial charge in [-0.3, -0.25) is 0 Å². The molecule has 0 spiro atoms. The van der Waals surface area contributed by atoms with Gasteiger partial charge in [0.2, 0.25) is 0 Å². The number of nitriles is 1. The van der Waals surface area contributed by atoms with E-state index in [2.05, 4.69) is 6.07 Å². The van der Waals surface area contributed by atoms with Gasteiger partial charge in [-0.05, 0) is 23.1 Å². The molecular weight excluding hydrogens is 254 g/mol. The number of thiophene rings is 1. The van der Waals surface area contributed by atoms with E-state index in [1.807, 2.05) is 29.6 Å². The van der Waals surface area contributed by atoms with Crippen LogP contribution >= 0.6 is 22.9 Å². The van der Waals surface area contributed by atoms with E-state index in [1.54, 1.807) is 18.4 Å². The molecule has 86 valence electrons. The normalized spacial score (nSPS) is 9.94. The quantitative estimate of drug-likeness (QED) is 0.834. The molecule has 0 saturated heterocycles. The largest absolute Gasteiger partial charge is 0.495 e. The van der Waals surface area contributed by atoms with Crippen LogP contribution in [0.4, 0.5) is 0 Å². The lowest BCUT2D eigenvalue weighted by molar-refractivity contribution is 0.414. The Hall–Kier alpha value is -1.50. The van der Waals surface area contributed by atoms with Crippen LogP contribution in [0.3, 0.4) is 0 Å². The van der Waals surface area contributed by atoms with Crippen LogP contribution in [0.25, 0.3) is 10.4 Å². The zero-order valence-corrected chi connectivity index (χ0v) is 10.8. The Balaban J connectivity index is 2.45. The summed E-state index contributed by atoms with van der Waals surface area (Å²) in [5.74, 6) is 0.791. The lowest BCUT2D eigenvalue weighted by atomic mass is 10.1. The van der Waals surface area contributed by atoms with Crippen molar-refractivity contribution < 1.29 is 4.74 Å². The summed E-state index contributed by atoms with van der Waals surface area (Å²) in [7, 11) is 1.63. The molecule has 0 N–H and O–H groups in total. The molecule has 0 aliphatic rings. The van der Waals surface area contributed by atoms with Crippen LogP contribution in [0.15, 0.2) is 29.6 Å². The molecule has 0 atom stereocenters. The lowest BCUT2D eigenvalue weighted by Crippen LogP contribution is -1.88. The summed E-state index contributed by atoms with van der Waals surface area (Å²) in [5.41, 5.74) is 1.99. The number of nitrogens with zero attached hydrogens (tertiary/aromatic N) is 1.